The van der Waals surface area contributed by atoms with Gasteiger partial charge < -0.3 is 19.8 Å². The van der Waals surface area contributed by atoms with E-state index in [1.165, 1.54) is 4.90 Å². The average Bonchev–Trinajstić information content (AvgIpc) is 2.81. The highest BCUT2D eigenvalue weighted by atomic mass is 16.5. The highest BCUT2D eigenvalue weighted by Crippen LogP contribution is 2.22. The van der Waals surface area contributed by atoms with E-state index in [0.717, 1.165) is 0 Å². The van der Waals surface area contributed by atoms with E-state index in [4.69, 9.17) is 9.84 Å². The van der Waals surface area contributed by atoms with Crippen molar-refractivity contribution in [3.8, 4) is 5.75 Å². The Hall–Kier alpha value is -2.08. The van der Waals surface area contributed by atoms with Gasteiger partial charge >= 0.3 is 5.97 Å². The Bertz CT molecular complexity index is 499. The monoisotopic (exact) mass is 279 g/mol. The van der Waals surface area contributed by atoms with Crippen LogP contribution in [0.15, 0.2) is 24.3 Å². The molecular formula is C14H17NO5. The Morgan fingerprint density at radius 3 is 2.55 bits per heavy atom. The normalized spacial score (nSPS) is 21.8. The fourth-order valence-electron chi connectivity index (χ4n) is 2.30. The maximum absolute atomic E-state index is 12.3. The Morgan fingerprint density at radius 2 is 2.00 bits per heavy atom. The highest BCUT2D eigenvalue weighted by Gasteiger charge is 2.39. The van der Waals surface area contributed by atoms with Gasteiger partial charge in [0.25, 0.3) is 5.91 Å². The lowest BCUT2D eigenvalue weighted by Gasteiger charge is -2.21. The first-order chi connectivity index (χ1) is 9.52. The molecule has 0 unspecified atom stereocenters. The molecule has 1 heterocycles. The molecule has 0 bridgehead atoms. The fraction of sp³-hybridized carbons (Fsp3) is 0.429. The molecule has 108 valence electrons. The third kappa shape index (κ3) is 2.91. The number of ether oxygens (including phenoxy) is 1. The number of hydrogen-bond acceptors (Lipinski definition) is 4. The summed E-state index contributed by atoms with van der Waals surface area (Å²) in [4.78, 5) is 24.6. The lowest BCUT2D eigenvalue weighted by molar-refractivity contribution is -0.141. The summed E-state index contributed by atoms with van der Waals surface area (Å²) in [5, 5.41) is 18.6. The quantitative estimate of drug-likeness (QED) is 0.849. The summed E-state index contributed by atoms with van der Waals surface area (Å²) < 4.78 is 5.28. The topological polar surface area (TPSA) is 87.1 Å². The molecule has 1 saturated heterocycles. The zero-order valence-corrected chi connectivity index (χ0v) is 11.2. The Balaban J connectivity index is 2.15. The molecule has 1 amide bonds. The van der Waals surface area contributed by atoms with Crippen molar-refractivity contribution < 1.29 is 24.5 Å². The number of hydrogen-bond donors (Lipinski definition) is 2. The Morgan fingerprint density at radius 1 is 1.35 bits per heavy atom. The maximum atomic E-state index is 12.3. The van der Waals surface area contributed by atoms with Crippen LogP contribution in [0.5, 0.6) is 5.75 Å². The molecule has 0 aromatic heterocycles. The molecule has 2 atom stereocenters. The third-order valence-corrected chi connectivity index (χ3v) is 3.24. The first-order valence-electron chi connectivity index (χ1n) is 6.47. The molecule has 1 fully saturated rings. The maximum Gasteiger partial charge on any atom is 0.326 e. The third-order valence-electron chi connectivity index (χ3n) is 3.24. The van der Waals surface area contributed by atoms with Crippen molar-refractivity contribution in [2.45, 2.75) is 25.5 Å². The first kappa shape index (κ1) is 14.3. The van der Waals surface area contributed by atoms with Gasteiger partial charge in [0.05, 0.1) is 12.7 Å². The number of aliphatic hydroxyl groups excluding tert-OH is 1. The number of carbonyl (C=O) groups excluding carboxylic acids is 1. The average molecular weight is 279 g/mol. The molecule has 2 rings (SSSR count). The largest absolute Gasteiger partial charge is 0.494 e. The van der Waals surface area contributed by atoms with E-state index in [1.807, 2.05) is 6.92 Å². The number of aliphatic hydroxyl groups is 1. The second kappa shape index (κ2) is 5.92. The van der Waals surface area contributed by atoms with Crippen LogP contribution in [0.3, 0.4) is 0 Å². The smallest absolute Gasteiger partial charge is 0.326 e. The van der Waals surface area contributed by atoms with E-state index in [-0.39, 0.29) is 13.0 Å². The van der Waals surface area contributed by atoms with Crippen LogP contribution in [0.4, 0.5) is 0 Å². The van der Waals surface area contributed by atoms with E-state index in [0.29, 0.717) is 17.9 Å². The summed E-state index contributed by atoms with van der Waals surface area (Å²) in [7, 11) is 0. The van der Waals surface area contributed by atoms with E-state index in [9.17, 15) is 14.7 Å². The molecule has 6 nitrogen and oxygen atoms in total. The molecule has 6 heteroatoms. The number of carboxylic acids is 1. The fourth-order valence-corrected chi connectivity index (χ4v) is 2.30. The van der Waals surface area contributed by atoms with Crippen LogP contribution in [-0.2, 0) is 4.79 Å². The lowest BCUT2D eigenvalue weighted by atomic mass is 10.1. The summed E-state index contributed by atoms with van der Waals surface area (Å²) in [6, 6.07) is 5.55. The zero-order chi connectivity index (χ0) is 14.7. The van der Waals surface area contributed by atoms with Gasteiger partial charge in [-0.2, -0.15) is 0 Å². The van der Waals surface area contributed by atoms with Crippen molar-refractivity contribution in [2.24, 2.45) is 0 Å². The van der Waals surface area contributed by atoms with Gasteiger partial charge in [0, 0.05) is 18.5 Å². The molecule has 1 aromatic rings. The van der Waals surface area contributed by atoms with Gasteiger partial charge in [-0.3, -0.25) is 4.79 Å². The zero-order valence-electron chi connectivity index (χ0n) is 11.2. The first-order valence-corrected chi connectivity index (χ1v) is 6.47. The van der Waals surface area contributed by atoms with Gasteiger partial charge in [-0.1, -0.05) is 0 Å². The number of rotatable bonds is 4. The van der Waals surface area contributed by atoms with Crippen molar-refractivity contribution in [1.29, 1.82) is 0 Å². The number of β-amino-alcohol motifs (C(OH)–C–C–N with tert-alkyl or cyclic N) is 1. The molecular weight excluding hydrogens is 262 g/mol. The van der Waals surface area contributed by atoms with Gasteiger partial charge in [0.1, 0.15) is 11.8 Å². The van der Waals surface area contributed by atoms with Crippen molar-refractivity contribution in [1.82, 2.24) is 4.90 Å². The molecule has 2 N–H and O–H groups in total. The minimum atomic E-state index is -1.10. The number of aliphatic carboxylic acids is 1. The van der Waals surface area contributed by atoms with E-state index in [2.05, 4.69) is 0 Å². The molecule has 1 aliphatic heterocycles. The van der Waals surface area contributed by atoms with Crippen molar-refractivity contribution in [2.75, 3.05) is 13.2 Å². The Kier molecular flexibility index (Phi) is 4.24. The number of nitrogens with zero attached hydrogens (tertiary/aromatic N) is 1. The van der Waals surface area contributed by atoms with Crippen LogP contribution < -0.4 is 4.74 Å². The van der Waals surface area contributed by atoms with Crippen molar-refractivity contribution >= 4 is 11.9 Å². The van der Waals surface area contributed by atoms with Gasteiger partial charge in [-0.15, -0.1) is 0 Å². The molecule has 0 radical (unpaired) electrons. The van der Waals surface area contributed by atoms with E-state index >= 15 is 0 Å². The molecule has 20 heavy (non-hydrogen) atoms. The standard InChI is InChI=1S/C14H17NO5/c1-2-20-11-5-3-9(4-6-11)13(17)15-8-10(16)7-12(15)14(18)19/h3-6,10,12,16H,2,7-8H2,1H3,(H,18,19)/t10-,12+/m0/s1. The molecule has 0 aliphatic carbocycles. The number of carbonyl (C=O) groups is 2. The van der Waals surface area contributed by atoms with Crippen LogP contribution in [0.25, 0.3) is 0 Å². The van der Waals surface area contributed by atoms with Gasteiger partial charge in [-0.25, -0.2) is 4.79 Å². The van der Waals surface area contributed by atoms with Gasteiger partial charge in [0.15, 0.2) is 0 Å². The molecule has 0 spiro atoms. The number of likely N-dealkylation sites (tertiary alicyclic amines) is 1. The minimum absolute atomic E-state index is 0.0447. The summed E-state index contributed by atoms with van der Waals surface area (Å²) >= 11 is 0. The summed E-state index contributed by atoms with van der Waals surface area (Å²) in [6.45, 7) is 2.44. The van der Waals surface area contributed by atoms with Crippen LogP contribution >= 0.6 is 0 Å². The second-order valence-electron chi connectivity index (χ2n) is 4.66. The second-order valence-corrected chi connectivity index (χ2v) is 4.66. The summed E-state index contributed by atoms with van der Waals surface area (Å²) in [6.07, 6.45) is -0.722. The minimum Gasteiger partial charge on any atom is -0.494 e. The molecule has 1 aliphatic rings. The molecule has 1 aromatic carbocycles. The van der Waals surface area contributed by atoms with Crippen LogP contribution in [0.2, 0.25) is 0 Å². The van der Waals surface area contributed by atoms with Crippen molar-refractivity contribution in [3.63, 3.8) is 0 Å². The number of carboxylic acid groups (broad SMARTS) is 1. The predicted octanol–water partition coefficient (Wildman–Crippen LogP) is 0.745. The van der Waals surface area contributed by atoms with Gasteiger partial charge in [-0.05, 0) is 31.2 Å². The number of benzene rings is 1. The number of amides is 1. The van der Waals surface area contributed by atoms with Crippen LogP contribution in [0, 0.1) is 0 Å². The van der Waals surface area contributed by atoms with E-state index < -0.39 is 24.0 Å². The Labute approximate surface area is 116 Å². The van der Waals surface area contributed by atoms with E-state index in [1.54, 1.807) is 24.3 Å². The SMILES string of the molecule is CCOc1ccc(C(=O)N2C[C@@H](O)C[C@@H]2C(=O)O)cc1. The predicted molar refractivity (Wildman–Crippen MR) is 70.7 cm³/mol. The summed E-state index contributed by atoms with van der Waals surface area (Å²) in [5.41, 5.74) is 0.383. The van der Waals surface area contributed by atoms with Crippen molar-refractivity contribution in [3.05, 3.63) is 29.8 Å². The highest BCUT2D eigenvalue weighted by molar-refractivity contribution is 5.97. The lowest BCUT2D eigenvalue weighted by Crippen LogP contribution is -2.40. The molecule has 0 saturated carbocycles. The van der Waals surface area contributed by atoms with Gasteiger partial charge in [0.2, 0.25) is 0 Å². The van der Waals surface area contributed by atoms with Crippen LogP contribution in [0.1, 0.15) is 23.7 Å². The van der Waals surface area contributed by atoms with Crippen LogP contribution in [-0.4, -0.2) is 52.3 Å². The summed E-state index contributed by atoms with van der Waals surface area (Å²) in [5.74, 6) is -0.835.